The summed E-state index contributed by atoms with van der Waals surface area (Å²) < 4.78 is 4.71. The minimum Gasteiger partial charge on any atom is -0.409 e. The van der Waals surface area contributed by atoms with Crippen LogP contribution in [0.2, 0.25) is 0 Å². The molecule has 0 saturated heterocycles. The Morgan fingerprint density at radius 3 is 2.89 bits per heavy atom. The molecular weight excluding hydrogens is 115 g/mol. The molecule has 0 unspecified atom stereocenters. The van der Waals surface area contributed by atoms with Gasteiger partial charge in [0.1, 0.15) is 0 Å². The summed E-state index contributed by atoms with van der Waals surface area (Å²) in [5.74, 6) is 4.07. The van der Waals surface area contributed by atoms with Crippen LogP contribution in [0.3, 0.4) is 0 Å². The number of hydrogen-bond donors (Lipinski definition) is 1. The molecule has 0 aromatic heterocycles. The van der Waals surface area contributed by atoms with Crippen LogP contribution in [0.25, 0.3) is 0 Å². The Hall–Kier alpha value is -0.965. The first-order valence-electron chi connectivity index (χ1n) is 2.51. The van der Waals surface area contributed by atoms with Crippen LogP contribution < -0.4 is 5.64 Å². The first-order valence-corrected chi connectivity index (χ1v) is 2.51. The number of nitrogens with two attached hydrogens (primary N) is 1. The smallest absolute Gasteiger partial charge is 0.409 e. The van der Waals surface area contributed by atoms with Crippen LogP contribution in [0.15, 0.2) is 0 Å². The fraction of sp³-hybridized carbons (Fsp3) is 0.400. The fourth-order valence-corrected chi connectivity index (χ4v) is 0.282. The summed E-state index contributed by atoms with van der Waals surface area (Å²) in [6, 6.07) is 0. The minimum absolute atomic E-state index is 0.352. The van der Waals surface area contributed by atoms with E-state index in [9.17, 15) is 0 Å². The molecule has 0 fully saturated rings. The summed E-state index contributed by atoms with van der Waals surface area (Å²) in [6.07, 6.45) is 5.40. The average Bonchev–Trinajstić information content (AvgIpc) is 1.89. The number of terminal acetylenes is 1. The summed E-state index contributed by atoms with van der Waals surface area (Å²) in [5.41, 5.74) is 5.06. The zero-order chi connectivity index (χ0) is 7.11. The Morgan fingerprint density at radius 1 is 1.78 bits per heavy atom. The monoisotopic (exact) mass is 122 g/mol. The standard InChI is InChI=1S/C5H7BN2O/c1-2-3-4-9-6(8)5-7/h1H,3-4,8H2. The van der Waals surface area contributed by atoms with Crippen molar-refractivity contribution >= 4 is 7.05 Å². The Labute approximate surface area is 54.9 Å². The van der Waals surface area contributed by atoms with Crippen LogP contribution in [0.4, 0.5) is 0 Å². The van der Waals surface area contributed by atoms with Gasteiger partial charge in [0.15, 0.2) is 0 Å². The second kappa shape index (κ2) is 5.18. The largest absolute Gasteiger partial charge is 0.498 e. The SMILES string of the molecule is C#CCCOB(N)C#N. The van der Waals surface area contributed by atoms with Crippen LogP contribution in [-0.4, -0.2) is 13.7 Å². The average molecular weight is 122 g/mol. The zero-order valence-corrected chi connectivity index (χ0v) is 5.00. The second-order valence-electron chi connectivity index (χ2n) is 1.37. The van der Waals surface area contributed by atoms with E-state index in [0.29, 0.717) is 13.0 Å². The van der Waals surface area contributed by atoms with Gasteiger partial charge in [-0.25, -0.2) is 5.26 Å². The van der Waals surface area contributed by atoms with Gasteiger partial charge in [0.2, 0.25) is 0 Å². The van der Waals surface area contributed by atoms with Crippen molar-refractivity contribution in [2.24, 2.45) is 5.64 Å². The molecule has 0 aliphatic carbocycles. The Balaban J connectivity index is 3.12. The predicted octanol–water partition coefficient (Wildman–Crippen LogP) is -0.464. The molecule has 2 N–H and O–H groups in total. The third-order valence-corrected chi connectivity index (χ3v) is 0.671. The quantitative estimate of drug-likeness (QED) is 0.313. The molecule has 0 aliphatic heterocycles. The third kappa shape index (κ3) is 4.90. The molecule has 0 atom stereocenters. The van der Waals surface area contributed by atoms with E-state index < -0.39 is 7.05 Å². The summed E-state index contributed by atoms with van der Waals surface area (Å²) >= 11 is 0. The van der Waals surface area contributed by atoms with Crippen molar-refractivity contribution in [2.75, 3.05) is 6.61 Å². The van der Waals surface area contributed by atoms with E-state index in [1.54, 1.807) is 5.97 Å². The summed E-state index contributed by atoms with van der Waals surface area (Å²) in [5, 5.41) is 8.08. The molecular formula is C5H7BN2O. The number of hydrogen-bond acceptors (Lipinski definition) is 3. The van der Waals surface area contributed by atoms with Gasteiger partial charge in [0, 0.05) is 13.0 Å². The highest BCUT2D eigenvalue weighted by atomic mass is 16.4. The summed E-state index contributed by atoms with van der Waals surface area (Å²) in [4.78, 5) is 0. The maximum absolute atomic E-state index is 8.08. The molecule has 0 spiro atoms. The van der Waals surface area contributed by atoms with Gasteiger partial charge in [-0.3, -0.25) is 0 Å². The molecule has 0 aliphatic rings. The lowest BCUT2D eigenvalue weighted by atomic mass is 9.89. The maximum atomic E-state index is 8.08. The molecule has 0 aromatic carbocycles. The Kier molecular flexibility index (Phi) is 4.62. The van der Waals surface area contributed by atoms with E-state index >= 15 is 0 Å². The first kappa shape index (κ1) is 8.03. The van der Waals surface area contributed by atoms with Crippen molar-refractivity contribution in [2.45, 2.75) is 6.42 Å². The van der Waals surface area contributed by atoms with Crippen molar-refractivity contribution in [3.63, 3.8) is 0 Å². The van der Waals surface area contributed by atoms with Crippen LogP contribution in [0, 0.1) is 23.6 Å². The number of nitriles is 1. The van der Waals surface area contributed by atoms with E-state index in [2.05, 4.69) is 5.92 Å². The topological polar surface area (TPSA) is 59.0 Å². The number of nitrogens with zero attached hydrogens (tertiary/aromatic N) is 1. The third-order valence-electron chi connectivity index (χ3n) is 0.671. The lowest BCUT2D eigenvalue weighted by Gasteiger charge is -1.96. The van der Waals surface area contributed by atoms with Gasteiger partial charge in [0.05, 0.1) is 5.97 Å². The molecule has 9 heavy (non-hydrogen) atoms. The molecule has 3 nitrogen and oxygen atoms in total. The fourth-order valence-electron chi connectivity index (χ4n) is 0.282. The lowest BCUT2D eigenvalue weighted by Crippen LogP contribution is -2.28. The number of rotatable bonds is 3. The van der Waals surface area contributed by atoms with E-state index in [4.69, 9.17) is 22.0 Å². The summed E-state index contributed by atoms with van der Waals surface area (Å²) in [7, 11) is -0.835. The molecule has 46 valence electrons. The van der Waals surface area contributed by atoms with Crippen LogP contribution in [0.5, 0.6) is 0 Å². The first-order chi connectivity index (χ1) is 4.31. The van der Waals surface area contributed by atoms with Gasteiger partial charge in [-0.1, -0.05) is 0 Å². The Bertz CT molecular complexity index is 146. The summed E-state index contributed by atoms with van der Waals surface area (Å²) in [6.45, 7) is 0.352. The molecule has 0 saturated carbocycles. The minimum atomic E-state index is -0.835. The van der Waals surface area contributed by atoms with Crippen LogP contribution in [-0.2, 0) is 4.65 Å². The second-order valence-corrected chi connectivity index (χ2v) is 1.37. The molecule has 0 aromatic rings. The van der Waals surface area contributed by atoms with Crippen LogP contribution in [0.1, 0.15) is 6.42 Å². The van der Waals surface area contributed by atoms with Gasteiger partial charge in [0.25, 0.3) is 0 Å². The van der Waals surface area contributed by atoms with E-state index in [-0.39, 0.29) is 0 Å². The van der Waals surface area contributed by atoms with Gasteiger partial charge in [-0.2, -0.15) is 0 Å². The highest BCUT2D eigenvalue weighted by molar-refractivity contribution is 6.56. The van der Waals surface area contributed by atoms with E-state index in [1.165, 1.54) is 0 Å². The van der Waals surface area contributed by atoms with Crippen molar-refractivity contribution < 1.29 is 4.65 Å². The highest BCUT2D eigenvalue weighted by Gasteiger charge is 2.05. The van der Waals surface area contributed by atoms with Gasteiger partial charge < -0.3 is 10.3 Å². The maximum Gasteiger partial charge on any atom is 0.498 e. The van der Waals surface area contributed by atoms with Crippen molar-refractivity contribution in [1.82, 2.24) is 0 Å². The molecule has 0 radical (unpaired) electrons. The van der Waals surface area contributed by atoms with Crippen molar-refractivity contribution in [3.05, 3.63) is 0 Å². The van der Waals surface area contributed by atoms with Crippen molar-refractivity contribution in [1.29, 1.82) is 5.26 Å². The van der Waals surface area contributed by atoms with Gasteiger partial charge in [-0.05, 0) is 0 Å². The molecule has 0 bridgehead atoms. The molecule has 0 rings (SSSR count). The lowest BCUT2D eigenvalue weighted by molar-refractivity contribution is 0.337. The Morgan fingerprint density at radius 2 is 2.44 bits per heavy atom. The molecule has 4 heteroatoms. The predicted molar refractivity (Wildman–Crippen MR) is 35.0 cm³/mol. The van der Waals surface area contributed by atoms with E-state index in [1.807, 2.05) is 0 Å². The highest BCUT2D eigenvalue weighted by Crippen LogP contribution is 1.79. The van der Waals surface area contributed by atoms with E-state index in [0.717, 1.165) is 0 Å². The molecule has 0 amide bonds. The van der Waals surface area contributed by atoms with Crippen molar-refractivity contribution in [3.8, 4) is 18.3 Å². The zero-order valence-electron chi connectivity index (χ0n) is 5.00. The normalized spacial score (nSPS) is 7.44. The van der Waals surface area contributed by atoms with Gasteiger partial charge >= 0.3 is 7.05 Å². The van der Waals surface area contributed by atoms with Gasteiger partial charge in [-0.15, -0.1) is 12.3 Å². The molecule has 0 heterocycles. The van der Waals surface area contributed by atoms with Crippen LogP contribution >= 0.6 is 0 Å².